The normalized spacial score (nSPS) is 10.1. The fraction of sp³-hybridized carbons (Fsp3) is 0.267. The van der Waals surface area contributed by atoms with Crippen molar-refractivity contribution in [1.82, 2.24) is 9.88 Å². The second-order valence-electron chi connectivity index (χ2n) is 4.64. The van der Waals surface area contributed by atoms with Gasteiger partial charge in [0.2, 0.25) is 0 Å². The molecular formula is C15H19Cl2N3O. The average molecular weight is 328 g/mol. The van der Waals surface area contributed by atoms with Crippen LogP contribution in [0.3, 0.4) is 0 Å². The van der Waals surface area contributed by atoms with E-state index in [0.717, 1.165) is 17.1 Å². The second-order valence-corrected chi connectivity index (χ2v) is 5.08. The van der Waals surface area contributed by atoms with E-state index in [0.29, 0.717) is 23.7 Å². The third-order valence-corrected chi connectivity index (χ3v) is 3.41. The van der Waals surface area contributed by atoms with Crippen LogP contribution in [0.1, 0.15) is 21.7 Å². The van der Waals surface area contributed by atoms with E-state index in [1.165, 1.54) is 0 Å². The summed E-state index contributed by atoms with van der Waals surface area (Å²) in [5.74, 6) is -0.100. The lowest BCUT2D eigenvalue weighted by atomic mass is 10.2. The van der Waals surface area contributed by atoms with E-state index in [9.17, 15) is 4.79 Å². The summed E-state index contributed by atoms with van der Waals surface area (Å²) >= 11 is 6.03. The molecule has 1 aromatic carbocycles. The van der Waals surface area contributed by atoms with Gasteiger partial charge < -0.3 is 15.6 Å². The smallest absolute Gasteiger partial charge is 0.253 e. The number of carbonyl (C=O) groups is 1. The van der Waals surface area contributed by atoms with E-state index < -0.39 is 0 Å². The topological polar surface area (TPSA) is 60.1 Å². The van der Waals surface area contributed by atoms with Crippen LogP contribution in [0, 0.1) is 13.8 Å². The van der Waals surface area contributed by atoms with Gasteiger partial charge in [0.15, 0.2) is 0 Å². The first-order chi connectivity index (χ1) is 9.54. The van der Waals surface area contributed by atoms with Gasteiger partial charge in [-0.1, -0.05) is 17.7 Å². The third kappa shape index (κ3) is 3.79. The lowest BCUT2D eigenvalue weighted by molar-refractivity contribution is 0.0954. The molecule has 0 atom stereocenters. The van der Waals surface area contributed by atoms with E-state index in [1.807, 2.05) is 48.7 Å². The van der Waals surface area contributed by atoms with E-state index in [4.69, 9.17) is 17.3 Å². The van der Waals surface area contributed by atoms with Gasteiger partial charge in [0.05, 0.1) is 5.56 Å². The molecule has 0 saturated heterocycles. The van der Waals surface area contributed by atoms with Crippen LogP contribution in [0.15, 0.2) is 30.3 Å². The van der Waals surface area contributed by atoms with Gasteiger partial charge in [-0.3, -0.25) is 4.79 Å². The fourth-order valence-corrected chi connectivity index (χ4v) is 2.47. The van der Waals surface area contributed by atoms with Crippen LogP contribution in [-0.2, 0) is 0 Å². The maximum Gasteiger partial charge on any atom is 0.253 e. The molecule has 4 nitrogen and oxygen atoms in total. The molecule has 2 aromatic rings. The number of rotatable bonds is 4. The molecule has 1 heterocycles. The number of aryl methyl sites for hydroxylation is 1. The minimum atomic E-state index is -0.100. The minimum absolute atomic E-state index is 0. The number of amides is 1. The van der Waals surface area contributed by atoms with Gasteiger partial charge in [-0.25, -0.2) is 0 Å². The number of halogens is 2. The first-order valence-corrected chi connectivity index (χ1v) is 6.85. The predicted molar refractivity (Wildman–Crippen MR) is 88.9 cm³/mol. The highest BCUT2D eigenvalue weighted by Gasteiger charge is 2.16. The van der Waals surface area contributed by atoms with Crippen molar-refractivity contribution in [1.29, 1.82) is 0 Å². The summed E-state index contributed by atoms with van der Waals surface area (Å²) in [6, 6.07) is 9.44. The number of nitrogens with zero attached hydrogens (tertiary/aromatic N) is 1. The number of benzene rings is 1. The van der Waals surface area contributed by atoms with Crippen LogP contribution in [0.4, 0.5) is 0 Å². The molecule has 3 N–H and O–H groups in total. The maximum atomic E-state index is 12.1. The van der Waals surface area contributed by atoms with Crippen LogP contribution in [0.5, 0.6) is 0 Å². The molecule has 0 spiro atoms. The predicted octanol–water partition coefficient (Wildman–Crippen LogP) is 2.86. The van der Waals surface area contributed by atoms with Crippen molar-refractivity contribution in [3.05, 3.63) is 52.3 Å². The Labute approximate surface area is 135 Å². The summed E-state index contributed by atoms with van der Waals surface area (Å²) in [6.07, 6.45) is 0. The molecule has 114 valence electrons. The first kappa shape index (κ1) is 17.6. The molecule has 0 aliphatic heterocycles. The van der Waals surface area contributed by atoms with Crippen molar-refractivity contribution in [3.63, 3.8) is 0 Å². The molecule has 2 rings (SSSR count). The molecule has 1 aromatic heterocycles. The van der Waals surface area contributed by atoms with Crippen molar-refractivity contribution in [2.24, 2.45) is 5.73 Å². The van der Waals surface area contributed by atoms with Gasteiger partial charge in [-0.05, 0) is 38.1 Å². The monoisotopic (exact) mass is 327 g/mol. The molecule has 0 bridgehead atoms. The van der Waals surface area contributed by atoms with E-state index in [1.54, 1.807) is 0 Å². The van der Waals surface area contributed by atoms with Gasteiger partial charge in [-0.15, -0.1) is 12.4 Å². The second kappa shape index (κ2) is 7.50. The summed E-state index contributed by atoms with van der Waals surface area (Å²) in [4.78, 5) is 12.1. The Kier molecular flexibility index (Phi) is 6.27. The number of aromatic nitrogens is 1. The van der Waals surface area contributed by atoms with Crippen LogP contribution >= 0.6 is 24.0 Å². The molecule has 6 heteroatoms. The number of hydrogen-bond donors (Lipinski definition) is 2. The molecule has 0 saturated carbocycles. The highest BCUT2D eigenvalue weighted by molar-refractivity contribution is 6.30. The van der Waals surface area contributed by atoms with Crippen LogP contribution < -0.4 is 11.1 Å². The fourth-order valence-electron chi connectivity index (χ4n) is 2.29. The minimum Gasteiger partial charge on any atom is -0.351 e. The summed E-state index contributed by atoms with van der Waals surface area (Å²) in [5.41, 5.74) is 8.89. The Bertz CT molecular complexity index is 638. The summed E-state index contributed by atoms with van der Waals surface area (Å²) in [5, 5.41) is 3.46. The number of hydrogen-bond acceptors (Lipinski definition) is 2. The van der Waals surface area contributed by atoms with Crippen molar-refractivity contribution >= 4 is 29.9 Å². The van der Waals surface area contributed by atoms with Gasteiger partial charge >= 0.3 is 0 Å². The lowest BCUT2D eigenvalue weighted by Gasteiger charge is -2.10. The Morgan fingerprint density at radius 2 is 2.05 bits per heavy atom. The first-order valence-electron chi connectivity index (χ1n) is 6.47. The molecule has 0 radical (unpaired) electrons. The summed E-state index contributed by atoms with van der Waals surface area (Å²) in [7, 11) is 0. The molecule has 0 fully saturated rings. The molecule has 0 aliphatic carbocycles. The molecule has 0 aliphatic rings. The van der Waals surface area contributed by atoms with Crippen LogP contribution in [-0.4, -0.2) is 23.6 Å². The zero-order valence-electron chi connectivity index (χ0n) is 12.0. The third-order valence-electron chi connectivity index (χ3n) is 3.17. The standard InChI is InChI=1S/C15H18ClN3O.ClH/c1-10-8-14(15(20)18-7-6-17)11(2)19(10)13-5-3-4-12(16)9-13;/h3-5,8-9H,6-7,17H2,1-2H3,(H,18,20);1H. The maximum absolute atomic E-state index is 12.1. The van der Waals surface area contributed by atoms with Crippen LogP contribution in [0.25, 0.3) is 5.69 Å². The van der Waals surface area contributed by atoms with Gasteiger partial charge in [0.1, 0.15) is 0 Å². The Hall–Kier alpha value is -1.49. The number of carbonyl (C=O) groups excluding carboxylic acids is 1. The van der Waals surface area contributed by atoms with E-state index in [2.05, 4.69) is 5.32 Å². The Morgan fingerprint density at radius 3 is 2.67 bits per heavy atom. The van der Waals surface area contributed by atoms with E-state index in [-0.39, 0.29) is 18.3 Å². The lowest BCUT2D eigenvalue weighted by Crippen LogP contribution is -2.29. The highest BCUT2D eigenvalue weighted by Crippen LogP contribution is 2.22. The summed E-state index contributed by atoms with van der Waals surface area (Å²) < 4.78 is 2.02. The van der Waals surface area contributed by atoms with Gasteiger partial charge in [0, 0.05) is 35.2 Å². The zero-order valence-corrected chi connectivity index (χ0v) is 13.6. The Morgan fingerprint density at radius 1 is 1.33 bits per heavy atom. The Balaban J connectivity index is 0.00000220. The number of nitrogens with one attached hydrogen (secondary N) is 1. The quantitative estimate of drug-likeness (QED) is 0.907. The summed E-state index contributed by atoms with van der Waals surface area (Å²) in [6.45, 7) is 4.79. The van der Waals surface area contributed by atoms with Crippen molar-refractivity contribution < 1.29 is 4.79 Å². The van der Waals surface area contributed by atoms with E-state index >= 15 is 0 Å². The largest absolute Gasteiger partial charge is 0.351 e. The molecule has 21 heavy (non-hydrogen) atoms. The molecular weight excluding hydrogens is 309 g/mol. The van der Waals surface area contributed by atoms with Crippen molar-refractivity contribution in [2.75, 3.05) is 13.1 Å². The van der Waals surface area contributed by atoms with Crippen LogP contribution in [0.2, 0.25) is 5.02 Å². The van der Waals surface area contributed by atoms with Crippen molar-refractivity contribution in [2.45, 2.75) is 13.8 Å². The molecule has 1 amide bonds. The van der Waals surface area contributed by atoms with Crippen molar-refractivity contribution in [3.8, 4) is 5.69 Å². The number of nitrogens with two attached hydrogens (primary N) is 1. The SMILES string of the molecule is Cc1cc(C(=O)NCCN)c(C)n1-c1cccc(Cl)c1.Cl. The highest BCUT2D eigenvalue weighted by atomic mass is 35.5. The molecule has 0 unspecified atom stereocenters. The van der Waals surface area contributed by atoms with Gasteiger partial charge in [0.25, 0.3) is 5.91 Å². The average Bonchev–Trinajstić information content (AvgIpc) is 2.71. The van der Waals surface area contributed by atoms with Gasteiger partial charge in [-0.2, -0.15) is 0 Å². The zero-order chi connectivity index (χ0) is 14.7.